The molecule has 2 heterocycles. The molecule has 0 amide bonds. The Morgan fingerprint density at radius 2 is 2.21 bits per heavy atom. The largest absolute Gasteiger partial charge is 0.367 e. The first-order valence-corrected chi connectivity index (χ1v) is 6.62. The van der Waals surface area contributed by atoms with Crippen molar-refractivity contribution in [2.75, 3.05) is 13.1 Å². The Morgan fingerprint density at radius 1 is 1.32 bits per heavy atom. The van der Waals surface area contributed by atoms with Crippen molar-refractivity contribution >= 4 is 0 Å². The summed E-state index contributed by atoms with van der Waals surface area (Å²) in [6.45, 7) is 2.37. The van der Waals surface area contributed by atoms with Crippen LogP contribution in [0, 0.1) is 0 Å². The molecule has 1 aromatic heterocycles. The number of hydrogen-bond donors (Lipinski definition) is 1. The van der Waals surface area contributed by atoms with Crippen LogP contribution < -0.4 is 5.32 Å². The molecule has 0 saturated carbocycles. The zero-order chi connectivity index (χ0) is 12.9. The molecule has 2 aromatic rings. The first kappa shape index (κ1) is 12.3. The number of rotatable bonds is 4. The molecule has 19 heavy (non-hydrogen) atoms. The Bertz CT molecular complexity index is 506. The van der Waals surface area contributed by atoms with Crippen LogP contribution in [0.15, 0.2) is 34.9 Å². The minimum absolute atomic E-state index is 0.251. The van der Waals surface area contributed by atoms with E-state index < -0.39 is 0 Å². The number of hydrogen-bond acceptors (Lipinski definition) is 5. The number of ether oxygens (including phenoxy) is 1. The zero-order valence-electron chi connectivity index (χ0n) is 10.7. The Kier molecular flexibility index (Phi) is 3.86. The molecule has 3 rings (SSSR count). The van der Waals surface area contributed by atoms with Gasteiger partial charge in [0.25, 0.3) is 5.89 Å². The quantitative estimate of drug-likeness (QED) is 0.910. The van der Waals surface area contributed by atoms with E-state index in [2.05, 4.69) is 15.5 Å². The van der Waals surface area contributed by atoms with Gasteiger partial charge in [-0.3, -0.25) is 0 Å². The summed E-state index contributed by atoms with van der Waals surface area (Å²) in [4.78, 5) is 4.34. The third kappa shape index (κ3) is 3.19. The van der Waals surface area contributed by atoms with E-state index in [9.17, 15) is 0 Å². The standard InChI is InChI=1S/C14H17N3O2/c1-2-5-11(6-3-1)14-16-13(19-17-14)10-18-12-7-4-8-15-9-12/h1-3,5-6,12,15H,4,7-10H2. The van der Waals surface area contributed by atoms with Gasteiger partial charge < -0.3 is 14.6 Å². The van der Waals surface area contributed by atoms with E-state index in [0.29, 0.717) is 18.3 Å². The van der Waals surface area contributed by atoms with Crippen molar-refractivity contribution in [3.05, 3.63) is 36.2 Å². The van der Waals surface area contributed by atoms with Crippen molar-refractivity contribution in [1.82, 2.24) is 15.5 Å². The maximum Gasteiger partial charge on any atom is 0.252 e. The molecule has 0 spiro atoms. The molecule has 1 aliphatic rings. The second kappa shape index (κ2) is 5.95. The maximum absolute atomic E-state index is 5.76. The fourth-order valence-electron chi connectivity index (χ4n) is 2.17. The molecule has 0 aliphatic carbocycles. The highest BCUT2D eigenvalue weighted by Crippen LogP contribution is 2.16. The lowest BCUT2D eigenvalue weighted by Gasteiger charge is -2.22. The highest BCUT2D eigenvalue weighted by Gasteiger charge is 2.15. The van der Waals surface area contributed by atoms with Crippen molar-refractivity contribution in [2.24, 2.45) is 0 Å². The van der Waals surface area contributed by atoms with Gasteiger partial charge in [-0.15, -0.1) is 0 Å². The molecule has 1 N–H and O–H groups in total. The molecule has 5 heteroatoms. The van der Waals surface area contributed by atoms with Gasteiger partial charge in [-0.2, -0.15) is 4.98 Å². The highest BCUT2D eigenvalue weighted by molar-refractivity contribution is 5.53. The fourth-order valence-corrected chi connectivity index (χ4v) is 2.17. The van der Waals surface area contributed by atoms with Gasteiger partial charge in [0.15, 0.2) is 0 Å². The predicted molar refractivity (Wildman–Crippen MR) is 70.4 cm³/mol. The SMILES string of the molecule is c1ccc(-c2noc(COC3CCCNC3)n2)cc1. The Hall–Kier alpha value is -1.72. The van der Waals surface area contributed by atoms with Gasteiger partial charge in [-0.25, -0.2) is 0 Å². The molecule has 5 nitrogen and oxygen atoms in total. The van der Waals surface area contributed by atoms with E-state index in [-0.39, 0.29) is 6.10 Å². The minimum atomic E-state index is 0.251. The lowest BCUT2D eigenvalue weighted by Crippen LogP contribution is -2.35. The Labute approximate surface area is 112 Å². The van der Waals surface area contributed by atoms with Crippen molar-refractivity contribution in [2.45, 2.75) is 25.6 Å². The topological polar surface area (TPSA) is 60.2 Å². The Morgan fingerprint density at radius 3 is 3.00 bits per heavy atom. The van der Waals surface area contributed by atoms with Crippen molar-refractivity contribution < 1.29 is 9.26 Å². The van der Waals surface area contributed by atoms with Crippen LogP contribution in [0.4, 0.5) is 0 Å². The van der Waals surface area contributed by atoms with Crippen molar-refractivity contribution in [3.8, 4) is 11.4 Å². The van der Waals surface area contributed by atoms with Crippen LogP contribution >= 0.6 is 0 Å². The third-order valence-corrected chi connectivity index (χ3v) is 3.19. The van der Waals surface area contributed by atoms with Crippen LogP contribution in [0.5, 0.6) is 0 Å². The second-order valence-electron chi connectivity index (χ2n) is 4.66. The van der Waals surface area contributed by atoms with Crippen molar-refractivity contribution in [3.63, 3.8) is 0 Å². The van der Waals surface area contributed by atoms with Gasteiger partial charge in [-0.1, -0.05) is 35.5 Å². The normalized spacial score (nSPS) is 19.5. The summed E-state index contributed by atoms with van der Waals surface area (Å²) in [5, 5.41) is 7.28. The molecule has 1 fully saturated rings. The molecule has 1 saturated heterocycles. The maximum atomic E-state index is 5.76. The molecule has 1 aliphatic heterocycles. The summed E-state index contributed by atoms with van der Waals surface area (Å²) in [6.07, 6.45) is 2.50. The molecule has 0 radical (unpaired) electrons. The van der Waals surface area contributed by atoms with Gasteiger partial charge in [0.2, 0.25) is 5.82 Å². The molecule has 1 unspecified atom stereocenters. The van der Waals surface area contributed by atoms with E-state index in [1.807, 2.05) is 30.3 Å². The fraction of sp³-hybridized carbons (Fsp3) is 0.429. The van der Waals surface area contributed by atoms with E-state index >= 15 is 0 Å². The van der Waals surface area contributed by atoms with E-state index in [0.717, 1.165) is 31.5 Å². The van der Waals surface area contributed by atoms with E-state index in [1.165, 1.54) is 0 Å². The van der Waals surface area contributed by atoms with Gasteiger partial charge in [0.1, 0.15) is 6.61 Å². The molecule has 1 atom stereocenters. The summed E-state index contributed by atoms with van der Waals surface area (Å²) in [5.74, 6) is 1.14. The van der Waals surface area contributed by atoms with Crippen LogP contribution in [-0.2, 0) is 11.3 Å². The van der Waals surface area contributed by atoms with E-state index in [1.54, 1.807) is 0 Å². The Balaban J connectivity index is 1.59. The number of aromatic nitrogens is 2. The number of piperidine rings is 1. The van der Waals surface area contributed by atoms with Crippen LogP contribution in [0.25, 0.3) is 11.4 Å². The molecule has 1 aromatic carbocycles. The number of benzene rings is 1. The van der Waals surface area contributed by atoms with E-state index in [4.69, 9.17) is 9.26 Å². The summed E-state index contributed by atoms with van der Waals surface area (Å²) in [7, 11) is 0. The van der Waals surface area contributed by atoms with Crippen LogP contribution in [0.3, 0.4) is 0 Å². The highest BCUT2D eigenvalue weighted by atomic mass is 16.5. The summed E-state index contributed by atoms with van der Waals surface area (Å²) in [5.41, 5.74) is 0.955. The number of nitrogens with zero attached hydrogens (tertiary/aromatic N) is 2. The average molecular weight is 259 g/mol. The summed E-state index contributed by atoms with van der Waals surface area (Å²) in [6, 6.07) is 9.79. The average Bonchev–Trinajstić information content (AvgIpc) is 2.96. The molecule has 0 bridgehead atoms. The van der Waals surface area contributed by atoms with Gasteiger partial charge in [0.05, 0.1) is 6.10 Å². The van der Waals surface area contributed by atoms with Crippen molar-refractivity contribution in [1.29, 1.82) is 0 Å². The first-order chi connectivity index (χ1) is 9.42. The molecule has 100 valence electrons. The van der Waals surface area contributed by atoms with Gasteiger partial charge >= 0.3 is 0 Å². The van der Waals surface area contributed by atoms with Crippen LogP contribution in [0.2, 0.25) is 0 Å². The predicted octanol–water partition coefficient (Wildman–Crippen LogP) is 2.01. The monoisotopic (exact) mass is 259 g/mol. The lowest BCUT2D eigenvalue weighted by atomic mass is 10.1. The van der Waals surface area contributed by atoms with Gasteiger partial charge in [0, 0.05) is 12.1 Å². The summed E-state index contributed by atoms with van der Waals surface area (Å²) < 4.78 is 11.0. The second-order valence-corrected chi connectivity index (χ2v) is 4.66. The minimum Gasteiger partial charge on any atom is -0.367 e. The van der Waals surface area contributed by atoms with Gasteiger partial charge in [-0.05, 0) is 19.4 Å². The zero-order valence-corrected chi connectivity index (χ0v) is 10.7. The first-order valence-electron chi connectivity index (χ1n) is 6.62. The molecular formula is C14H17N3O2. The van der Waals surface area contributed by atoms with Crippen LogP contribution in [-0.4, -0.2) is 29.3 Å². The molecular weight excluding hydrogens is 242 g/mol. The van der Waals surface area contributed by atoms with Crippen LogP contribution in [0.1, 0.15) is 18.7 Å². The lowest BCUT2D eigenvalue weighted by molar-refractivity contribution is 0.0124. The third-order valence-electron chi connectivity index (χ3n) is 3.19. The number of nitrogens with one attached hydrogen (secondary N) is 1. The summed E-state index contributed by atoms with van der Waals surface area (Å²) >= 11 is 0. The smallest absolute Gasteiger partial charge is 0.252 e.